The number of nitrogens with zero attached hydrogens (tertiary/aromatic N) is 2. The highest BCUT2D eigenvalue weighted by atomic mass is 35.5. The number of hydrogen-bond donors (Lipinski definition) is 2. The molecule has 0 saturated heterocycles. The van der Waals surface area contributed by atoms with E-state index in [-0.39, 0.29) is 22.5 Å². The molecule has 0 unspecified atom stereocenters. The van der Waals surface area contributed by atoms with Crippen molar-refractivity contribution in [1.29, 1.82) is 0 Å². The molecule has 6 heteroatoms. The molecule has 0 saturated carbocycles. The van der Waals surface area contributed by atoms with Crippen molar-refractivity contribution in [3.05, 3.63) is 41.6 Å². The van der Waals surface area contributed by atoms with Crippen molar-refractivity contribution < 1.29 is 9.50 Å². The molecular formula is C12H7ClFN3O. The predicted molar refractivity (Wildman–Crippen MR) is 66.0 cm³/mol. The van der Waals surface area contributed by atoms with Crippen molar-refractivity contribution in [2.45, 2.75) is 0 Å². The van der Waals surface area contributed by atoms with E-state index in [2.05, 4.69) is 15.0 Å². The van der Waals surface area contributed by atoms with Gasteiger partial charge in [-0.3, -0.25) is 0 Å². The summed E-state index contributed by atoms with van der Waals surface area (Å²) in [6.07, 6.45) is 1.20. The topological polar surface area (TPSA) is 61.8 Å². The number of rotatable bonds is 1. The van der Waals surface area contributed by atoms with E-state index >= 15 is 0 Å². The number of H-pyrrole nitrogens is 1. The first-order chi connectivity index (χ1) is 8.65. The van der Waals surface area contributed by atoms with Crippen LogP contribution in [0.5, 0.6) is 5.75 Å². The second-order valence-corrected chi connectivity index (χ2v) is 4.10. The molecule has 3 rings (SSSR count). The quantitative estimate of drug-likeness (QED) is 0.663. The standard InChI is InChI=1S/C12H7ClFN3O/c13-12-15-5-10(18)11(17-12)9-4-6-7(14)2-1-3-8(6)16-9/h1-5,16,18H. The lowest BCUT2D eigenvalue weighted by molar-refractivity contribution is 0.472. The summed E-state index contributed by atoms with van der Waals surface area (Å²) >= 11 is 5.68. The average Bonchev–Trinajstić information content (AvgIpc) is 2.77. The van der Waals surface area contributed by atoms with Crippen LogP contribution >= 0.6 is 11.6 Å². The van der Waals surface area contributed by atoms with E-state index in [9.17, 15) is 9.50 Å². The number of aromatic hydroxyl groups is 1. The van der Waals surface area contributed by atoms with Crippen LogP contribution in [0, 0.1) is 5.82 Å². The highest BCUT2D eigenvalue weighted by molar-refractivity contribution is 6.28. The summed E-state index contributed by atoms with van der Waals surface area (Å²) in [6, 6.07) is 6.28. The van der Waals surface area contributed by atoms with Gasteiger partial charge in [0.05, 0.1) is 11.9 Å². The Morgan fingerprint density at radius 2 is 2.17 bits per heavy atom. The zero-order chi connectivity index (χ0) is 12.7. The average molecular weight is 264 g/mol. The number of benzene rings is 1. The highest BCUT2D eigenvalue weighted by Gasteiger charge is 2.12. The molecule has 0 atom stereocenters. The molecule has 18 heavy (non-hydrogen) atoms. The van der Waals surface area contributed by atoms with Crippen molar-refractivity contribution in [3.63, 3.8) is 0 Å². The van der Waals surface area contributed by atoms with Crippen LogP contribution < -0.4 is 0 Å². The van der Waals surface area contributed by atoms with Gasteiger partial charge < -0.3 is 10.1 Å². The number of fused-ring (bicyclic) bond motifs is 1. The Morgan fingerprint density at radius 1 is 1.33 bits per heavy atom. The second-order valence-electron chi connectivity index (χ2n) is 3.76. The largest absolute Gasteiger partial charge is 0.504 e. The molecule has 0 fully saturated rings. The van der Waals surface area contributed by atoms with Crippen LogP contribution in [-0.2, 0) is 0 Å². The minimum atomic E-state index is -0.338. The summed E-state index contributed by atoms with van der Waals surface area (Å²) < 4.78 is 13.6. The zero-order valence-corrected chi connectivity index (χ0v) is 9.74. The fraction of sp³-hybridized carbons (Fsp3) is 0. The van der Waals surface area contributed by atoms with E-state index in [1.807, 2.05) is 0 Å². The second kappa shape index (κ2) is 3.96. The molecule has 0 amide bonds. The van der Waals surface area contributed by atoms with Gasteiger partial charge in [0.25, 0.3) is 0 Å². The lowest BCUT2D eigenvalue weighted by atomic mass is 10.2. The van der Waals surface area contributed by atoms with E-state index in [4.69, 9.17) is 11.6 Å². The molecule has 0 bridgehead atoms. The minimum absolute atomic E-state index is 0.0157. The van der Waals surface area contributed by atoms with Crippen LogP contribution in [0.15, 0.2) is 30.5 Å². The molecule has 2 aromatic heterocycles. The van der Waals surface area contributed by atoms with Gasteiger partial charge in [0.1, 0.15) is 11.5 Å². The van der Waals surface area contributed by atoms with Crippen molar-refractivity contribution in [3.8, 4) is 17.1 Å². The summed E-state index contributed by atoms with van der Waals surface area (Å²) in [5.74, 6) is -0.457. The summed E-state index contributed by atoms with van der Waals surface area (Å²) in [7, 11) is 0. The smallest absolute Gasteiger partial charge is 0.223 e. The Morgan fingerprint density at radius 3 is 2.94 bits per heavy atom. The van der Waals surface area contributed by atoms with Gasteiger partial charge in [-0.15, -0.1) is 0 Å². The van der Waals surface area contributed by atoms with Crippen LogP contribution in [0.3, 0.4) is 0 Å². The van der Waals surface area contributed by atoms with E-state index in [0.29, 0.717) is 16.6 Å². The maximum atomic E-state index is 13.6. The van der Waals surface area contributed by atoms with Gasteiger partial charge in [-0.05, 0) is 29.8 Å². The third-order valence-corrected chi connectivity index (χ3v) is 2.79. The Bertz CT molecular complexity index is 741. The van der Waals surface area contributed by atoms with Gasteiger partial charge in [0.15, 0.2) is 5.75 Å². The number of aromatic nitrogens is 3. The maximum absolute atomic E-state index is 13.6. The molecular weight excluding hydrogens is 257 g/mol. The molecule has 90 valence electrons. The summed E-state index contributed by atoms with van der Waals surface area (Å²) in [5.41, 5.74) is 1.35. The Labute approximate surface area is 106 Å². The Kier molecular flexibility index (Phi) is 2.41. The molecule has 3 aromatic rings. The molecule has 2 heterocycles. The molecule has 2 N–H and O–H groups in total. The Hall–Kier alpha value is -2.14. The van der Waals surface area contributed by atoms with Crippen molar-refractivity contribution >= 4 is 22.5 Å². The van der Waals surface area contributed by atoms with Gasteiger partial charge in [0, 0.05) is 10.9 Å². The lowest BCUT2D eigenvalue weighted by Crippen LogP contribution is -1.88. The van der Waals surface area contributed by atoms with E-state index in [1.165, 1.54) is 12.3 Å². The van der Waals surface area contributed by atoms with Gasteiger partial charge in [-0.2, -0.15) is 0 Å². The van der Waals surface area contributed by atoms with Crippen LogP contribution in [0.25, 0.3) is 22.3 Å². The number of nitrogens with one attached hydrogen (secondary N) is 1. The van der Waals surface area contributed by atoms with Crippen LogP contribution in [-0.4, -0.2) is 20.1 Å². The van der Waals surface area contributed by atoms with Gasteiger partial charge in [-0.1, -0.05) is 6.07 Å². The molecule has 0 aliphatic carbocycles. The molecule has 0 spiro atoms. The SMILES string of the molecule is Oc1cnc(Cl)nc1-c1cc2c(F)cccc2[nH]1. The monoisotopic (exact) mass is 263 g/mol. The van der Waals surface area contributed by atoms with E-state index in [1.54, 1.807) is 18.2 Å². The maximum Gasteiger partial charge on any atom is 0.223 e. The van der Waals surface area contributed by atoms with Crippen molar-refractivity contribution in [2.24, 2.45) is 0 Å². The van der Waals surface area contributed by atoms with Gasteiger partial charge in [0.2, 0.25) is 5.28 Å². The van der Waals surface area contributed by atoms with Gasteiger partial charge >= 0.3 is 0 Å². The third-order valence-electron chi connectivity index (χ3n) is 2.61. The number of aromatic amines is 1. The lowest BCUT2D eigenvalue weighted by Gasteiger charge is -2.00. The normalized spacial score (nSPS) is 11.0. The highest BCUT2D eigenvalue weighted by Crippen LogP contribution is 2.30. The Balaban J connectivity index is 2.26. The van der Waals surface area contributed by atoms with Gasteiger partial charge in [-0.25, -0.2) is 14.4 Å². The molecule has 1 aromatic carbocycles. The van der Waals surface area contributed by atoms with Crippen LogP contribution in [0.1, 0.15) is 0 Å². The molecule has 0 aliphatic heterocycles. The summed E-state index contributed by atoms with van der Waals surface area (Å²) in [6.45, 7) is 0. The van der Waals surface area contributed by atoms with E-state index in [0.717, 1.165) is 0 Å². The van der Waals surface area contributed by atoms with Crippen LogP contribution in [0.2, 0.25) is 5.28 Å². The number of halogens is 2. The van der Waals surface area contributed by atoms with E-state index < -0.39 is 0 Å². The summed E-state index contributed by atoms with van der Waals surface area (Å²) in [5, 5.41) is 10.1. The first kappa shape index (κ1) is 11.0. The first-order valence-corrected chi connectivity index (χ1v) is 5.52. The molecule has 4 nitrogen and oxygen atoms in total. The molecule has 0 radical (unpaired) electrons. The zero-order valence-electron chi connectivity index (χ0n) is 8.98. The summed E-state index contributed by atoms with van der Waals surface area (Å²) in [4.78, 5) is 10.5. The third kappa shape index (κ3) is 1.69. The first-order valence-electron chi connectivity index (χ1n) is 5.14. The van der Waals surface area contributed by atoms with Crippen molar-refractivity contribution in [2.75, 3.05) is 0 Å². The minimum Gasteiger partial charge on any atom is -0.504 e. The number of hydrogen-bond acceptors (Lipinski definition) is 3. The van der Waals surface area contributed by atoms with Crippen molar-refractivity contribution in [1.82, 2.24) is 15.0 Å². The fourth-order valence-corrected chi connectivity index (χ4v) is 1.93. The van der Waals surface area contributed by atoms with Crippen LogP contribution in [0.4, 0.5) is 4.39 Å². The predicted octanol–water partition coefficient (Wildman–Crippen LogP) is 3.12. The fourth-order valence-electron chi connectivity index (χ4n) is 1.80. The molecule has 0 aliphatic rings.